The minimum atomic E-state index is -1.01. The molecule has 0 aromatic heterocycles. The molecule has 5 nitrogen and oxygen atoms in total. The van der Waals surface area contributed by atoms with Gasteiger partial charge in [-0.1, -0.05) is 6.07 Å². The normalized spacial score (nSPS) is 19.0. The number of likely N-dealkylation sites (tertiary alicyclic amines) is 1. The number of imide groups is 1. The van der Waals surface area contributed by atoms with Gasteiger partial charge in [-0.3, -0.25) is 14.5 Å². The third kappa shape index (κ3) is 2.78. The molecule has 2 rings (SSSR count). The number of hydrogen-bond acceptors (Lipinski definition) is 4. The second-order valence-electron chi connectivity index (χ2n) is 4.12. The van der Waals surface area contributed by atoms with Gasteiger partial charge in [-0.05, 0) is 25.1 Å². The molecule has 0 radical (unpaired) electrons. The van der Waals surface area contributed by atoms with Crippen LogP contribution in [0.1, 0.15) is 23.7 Å². The standard InChI is InChI=1S/C13H13NO4S/c1-2-14-11(15)7-10(12(14)16)19-9-5-3-4-8(6-9)13(17)18/h3-6,10H,2,7H2,1H3,(H,17,18). The average Bonchev–Trinajstić information content (AvgIpc) is 2.64. The van der Waals surface area contributed by atoms with Crippen LogP contribution in [-0.4, -0.2) is 39.6 Å². The van der Waals surface area contributed by atoms with E-state index in [9.17, 15) is 14.4 Å². The molecule has 1 fully saturated rings. The van der Waals surface area contributed by atoms with Crippen molar-refractivity contribution in [3.63, 3.8) is 0 Å². The maximum Gasteiger partial charge on any atom is 0.335 e. The van der Waals surface area contributed by atoms with Gasteiger partial charge in [0.1, 0.15) is 0 Å². The number of nitrogens with zero attached hydrogens (tertiary/aromatic N) is 1. The van der Waals surface area contributed by atoms with Gasteiger partial charge in [-0.2, -0.15) is 0 Å². The molecule has 0 bridgehead atoms. The maximum absolute atomic E-state index is 11.9. The molecule has 6 heteroatoms. The summed E-state index contributed by atoms with van der Waals surface area (Å²) < 4.78 is 0. The maximum atomic E-state index is 11.9. The molecular weight excluding hydrogens is 266 g/mol. The van der Waals surface area contributed by atoms with Crippen LogP contribution in [0.5, 0.6) is 0 Å². The monoisotopic (exact) mass is 279 g/mol. The van der Waals surface area contributed by atoms with Crippen LogP contribution in [0.4, 0.5) is 0 Å². The highest BCUT2D eigenvalue weighted by molar-refractivity contribution is 8.00. The number of rotatable bonds is 4. The number of benzene rings is 1. The lowest BCUT2D eigenvalue weighted by Gasteiger charge is -2.11. The molecule has 2 amide bonds. The van der Waals surface area contributed by atoms with E-state index in [-0.39, 0.29) is 23.8 Å². The highest BCUT2D eigenvalue weighted by Crippen LogP contribution is 2.31. The van der Waals surface area contributed by atoms with E-state index >= 15 is 0 Å². The first-order valence-electron chi connectivity index (χ1n) is 5.87. The lowest BCUT2D eigenvalue weighted by Crippen LogP contribution is -2.30. The number of amides is 2. The molecule has 19 heavy (non-hydrogen) atoms. The van der Waals surface area contributed by atoms with Crippen LogP contribution in [0.15, 0.2) is 29.2 Å². The zero-order chi connectivity index (χ0) is 14.0. The lowest BCUT2D eigenvalue weighted by molar-refractivity contribution is -0.137. The molecule has 100 valence electrons. The predicted octanol–water partition coefficient (Wildman–Crippen LogP) is 1.62. The second kappa shape index (κ2) is 5.44. The van der Waals surface area contributed by atoms with Gasteiger partial charge >= 0.3 is 5.97 Å². The van der Waals surface area contributed by atoms with Crippen LogP contribution in [0, 0.1) is 0 Å². The van der Waals surface area contributed by atoms with Crippen molar-refractivity contribution in [3.05, 3.63) is 29.8 Å². The van der Waals surface area contributed by atoms with Crippen LogP contribution >= 0.6 is 11.8 Å². The SMILES string of the molecule is CCN1C(=O)CC(Sc2cccc(C(=O)O)c2)C1=O. The molecule has 1 unspecified atom stereocenters. The zero-order valence-corrected chi connectivity index (χ0v) is 11.1. The average molecular weight is 279 g/mol. The highest BCUT2D eigenvalue weighted by Gasteiger charge is 2.38. The number of aromatic carboxylic acids is 1. The molecule has 1 N–H and O–H groups in total. The van der Waals surface area contributed by atoms with E-state index in [1.807, 2.05) is 0 Å². The number of carboxylic acid groups (broad SMARTS) is 1. The van der Waals surface area contributed by atoms with Gasteiger partial charge in [-0.25, -0.2) is 4.79 Å². The number of hydrogen-bond donors (Lipinski definition) is 1. The molecule has 0 spiro atoms. The van der Waals surface area contributed by atoms with Gasteiger partial charge in [-0.15, -0.1) is 11.8 Å². The van der Waals surface area contributed by atoms with Crippen molar-refractivity contribution in [2.75, 3.05) is 6.54 Å². The van der Waals surface area contributed by atoms with E-state index in [1.54, 1.807) is 19.1 Å². The van der Waals surface area contributed by atoms with Gasteiger partial charge in [0, 0.05) is 17.9 Å². The Balaban J connectivity index is 2.14. The summed E-state index contributed by atoms with van der Waals surface area (Å²) in [5.74, 6) is -1.37. The van der Waals surface area contributed by atoms with Gasteiger partial charge < -0.3 is 5.11 Å². The largest absolute Gasteiger partial charge is 0.478 e. The molecule has 1 atom stereocenters. The second-order valence-corrected chi connectivity index (χ2v) is 5.40. The van der Waals surface area contributed by atoms with Crippen LogP contribution in [0.3, 0.4) is 0 Å². The van der Waals surface area contributed by atoms with E-state index in [4.69, 9.17) is 5.11 Å². The number of carbonyl (C=O) groups is 3. The first-order valence-corrected chi connectivity index (χ1v) is 6.75. The van der Waals surface area contributed by atoms with Gasteiger partial charge in [0.25, 0.3) is 0 Å². The summed E-state index contributed by atoms with van der Waals surface area (Å²) >= 11 is 1.24. The fraction of sp³-hybridized carbons (Fsp3) is 0.308. The molecule has 0 aliphatic carbocycles. The number of carbonyl (C=O) groups excluding carboxylic acids is 2. The first-order chi connectivity index (χ1) is 9.02. The van der Waals surface area contributed by atoms with Crippen molar-refractivity contribution in [3.8, 4) is 0 Å². The number of carboxylic acids is 1. The highest BCUT2D eigenvalue weighted by atomic mass is 32.2. The molecular formula is C13H13NO4S. The minimum Gasteiger partial charge on any atom is -0.478 e. The topological polar surface area (TPSA) is 74.7 Å². The van der Waals surface area contributed by atoms with Crippen molar-refractivity contribution in [1.29, 1.82) is 0 Å². The minimum absolute atomic E-state index is 0.167. The first kappa shape index (κ1) is 13.6. The Morgan fingerprint density at radius 1 is 1.47 bits per heavy atom. The van der Waals surface area contributed by atoms with Crippen molar-refractivity contribution in [2.24, 2.45) is 0 Å². The van der Waals surface area contributed by atoms with Crippen molar-refractivity contribution < 1.29 is 19.5 Å². The number of thioether (sulfide) groups is 1. The Hall–Kier alpha value is -1.82. The molecule has 1 aliphatic heterocycles. The smallest absolute Gasteiger partial charge is 0.335 e. The van der Waals surface area contributed by atoms with Gasteiger partial charge in [0.05, 0.1) is 10.8 Å². The van der Waals surface area contributed by atoms with Crippen molar-refractivity contribution >= 4 is 29.5 Å². The zero-order valence-electron chi connectivity index (χ0n) is 10.3. The molecule has 1 aliphatic rings. The van der Waals surface area contributed by atoms with Crippen LogP contribution in [0.2, 0.25) is 0 Å². The van der Waals surface area contributed by atoms with E-state index in [0.29, 0.717) is 11.4 Å². The van der Waals surface area contributed by atoms with Gasteiger partial charge in [0.15, 0.2) is 0 Å². The summed E-state index contributed by atoms with van der Waals surface area (Å²) in [4.78, 5) is 36.3. The van der Waals surface area contributed by atoms with E-state index in [0.717, 1.165) is 0 Å². The molecule has 1 saturated heterocycles. The van der Waals surface area contributed by atoms with E-state index in [1.165, 1.54) is 28.8 Å². The molecule has 0 saturated carbocycles. The molecule has 1 aromatic carbocycles. The fourth-order valence-electron chi connectivity index (χ4n) is 1.94. The Kier molecular flexibility index (Phi) is 3.90. The summed E-state index contributed by atoms with van der Waals surface area (Å²) in [6.45, 7) is 2.14. The van der Waals surface area contributed by atoms with E-state index in [2.05, 4.69) is 0 Å². The third-order valence-electron chi connectivity index (χ3n) is 2.88. The Labute approximate surface area is 114 Å². The summed E-state index contributed by atoms with van der Waals surface area (Å²) in [6, 6.07) is 6.37. The Morgan fingerprint density at radius 3 is 2.79 bits per heavy atom. The molecule has 1 heterocycles. The van der Waals surface area contributed by atoms with Crippen LogP contribution < -0.4 is 0 Å². The summed E-state index contributed by atoms with van der Waals surface area (Å²) in [5.41, 5.74) is 0.175. The van der Waals surface area contributed by atoms with Crippen LogP contribution in [0.25, 0.3) is 0 Å². The van der Waals surface area contributed by atoms with Gasteiger partial charge in [0.2, 0.25) is 11.8 Å². The summed E-state index contributed by atoms with van der Waals surface area (Å²) in [6.07, 6.45) is 0.175. The third-order valence-corrected chi connectivity index (χ3v) is 4.06. The molecule has 1 aromatic rings. The fourth-order valence-corrected chi connectivity index (χ4v) is 3.08. The van der Waals surface area contributed by atoms with Crippen LogP contribution in [-0.2, 0) is 9.59 Å². The lowest BCUT2D eigenvalue weighted by atomic mass is 10.2. The van der Waals surface area contributed by atoms with Crippen molar-refractivity contribution in [1.82, 2.24) is 4.90 Å². The summed E-state index contributed by atoms with van der Waals surface area (Å²) in [7, 11) is 0. The Morgan fingerprint density at radius 2 is 2.21 bits per heavy atom. The summed E-state index contributed by atoms with van der Waals surface area (Å²) in [5, 5.41) is 8.46. The van der Waals surface area contributed by atoms with E-state index < -0.39 is 11.2 Å². The predicted molar refractivity (Wildman–Crippen MR) is 70.1 cm³/mol. The Bertz CT molecular complexity index is 543. The van der Waals surface area contributed by atoms with Crippen molar-refractivity contribution in [2.45, 2.75) is 23.5 Å². The quantitative estimate of drug-likeness (QED) is 0.848.